The van der Waals surface area contributed by atoms with E-state index in [-0.39, 0.29) is 24.0 Å². The minimum absolute atomic E-state index is 0. The second-order valence-electron chi connectivity index (χ2n) is 8.09. The Morgan fingerprint density at radius 2 is 1.83 bits per heavy atom. The normalized spacial score (nSPS) is 25.2. The largest absolute Gasteiger partial charge is 0.356 e. The third kappa shape index (κ3) is 4.99. The first-order valence-electron chi connectivity index (χ1n) is 9.93. The molecule has 0 radical (unpaired) electrons. The standard InChI is InChI=1S/C19H36N4.HI/c1-3-11-22-12-6-17(7-13-22)15-21-18(20-2)23-14-10-19(16-23)8-4-5-9-19;/h17H,3-16H2,1-2H3,(H,20,21);1H. The number of rotatable bonds is 4. The van der Waals surface area contributed by atoms with Crippen LogP contribution < -0.4 is 5.32 Å². The molecular formula is C19H37IN4. The van der Waals surface area contributed by atoms with E-state index in [4.69, 9.17) is 0 Å². The third-order valence-electron chi connectivity index (χ3n) is 6.41. The third-order valence-corrected chi connectivity index (χ3v) is 6.41. The molecule has 0 atom stereocenters. The van der Waals surface area contributed by atoms with Crippen molar-refractivity contribution in [2.45, 2.75) is 58.3 Å². The molecule has 3 aliphatic rings. The lowest BCUT2D eigenvalue weighted by atomic mass is 9.86. The van der Waals surface area contributed by atoms with Crippen molar-refractivity contribution in [2.75, 3.05) is 46.3 Å². The topological polar surface area (TPSA) is 30.9 Å². The van der Waals surface area contributed by atoms with Crippen molar-refractivity contribution in [2.24, 2.45) is 16.3 Å². The minimum Gasteiger partial charge on any atom is -0.356 e. The average molecular weight is 448 g/mol. The number of hydrogen-bond donors (Lipinski definition) is 1. The Kier molecular flexibility index (Phi) is 8.11. The van der Waals surface area contributed by atoms with Gasteiger partial charge in [-0.2, -0.15) is 0 Å². The second-order valence-corrected chi connectivity index (χ2v) is 8.09. The summed E-state index contributed by atoms with van der Waals surface area (Å²) in [4.78, 5) is 9.72. The Hall–Kier alpha value is -0.0400. The molecule has 140 valence electrons. The van der Waals surface area contributed by atoms with E-state index in [2.05, 4.69) is 27.0 Å². The first-order valence-corrected chi connectivity index (χ1v) is 9.93. The molecule has 1 saturated carbocycles. The maximum atomic E-state index is 4.57. The van der Waals surface area contributed by atoms with Gasteiger partial charge in [0.25, 0.3) is 0 Å². The van der Waals surface area contributed by atoms with Crippen molar-refractivity contribution >= 4 is 29.9 Å². The summed E-state index contributed by atoms with van der Waals surface area (Å²) in [6.45, 7) is 9.67. The maximum Gasteiger partial charge on any atom is 0.193 e. The summed E-state index contributed by atoms with van der Waals surface area (Å²) in [6.07, 6.45) is 11.1. The number of hydrogen-bond acceptors (Lipinski definition) is 2. The van der Waals surface area contributed by atoms with Gasteiger partial charge >= 0.3 is 0 Å². The van der Waals surface area contributed by atoms with Crippen molar-refractivity contribution in [3.63, 3.8) is 0 Å². The first-order chi connectivity index (χ1) is 11.2. The van der Waals surface area contributed by atoms with Gasteiger partial charge in [-0.05, 0) is 69.5 Å². The van der Waals surface area contributed by atoms with Crippen LogP contribution in [0.25, 0.3) is 0 Å². The maximum absolute atomic E-state index is 4.57. The predicted octanol–water partition coefficient (Wildman–Crippen LogP) is 3.57. The van der Waals surface area contributed by atoms with Crippen LogP contribution in [0.3, 0.4) is 0 Å². The molecule has 0 aromatic rings. The van der Waals surface area contributed by atoms with Crippen LogP contribution >= 0.6 is 24.0 Å². The number of piperidine rings is 1. The molecule has 3 rings (SSSR count). The van der Waals surface area contributed by atoms with Crippen molar-refractivity contribution in [1.29, 1.82) is 0 Å². The van der Waals surface area contributed by atoms with Crippen LogP contribution in [0.4, 0.5) is 0 Å². The van der Waals surface area contributed by atoms with Gasteiger partial charge in [0, 0.05) is 26.7 Å². The molecule has 3 fully saturated rings. The summed E-state index contributed by atoms with van der Waals surface area (Å²) in [6, 6.07) is 0. The van der Waals surface area contributed by atoms with E-state index >= 15 is 0 Å². The fourth-order valence-electron chi connectivity index (χ4n) is 4.95. The number of nitrogens with one attached hydrogen (secondary N) is 1. The Morgan fingerprint density at radius 1 is 1.12 bits per heavy atom. The van der Waals surface area contributed by atoms with Crippen LogP contribution in [0.15, 0.2) is 4.99 Å². The van der Waals surface area contributed by atoms with E-state index in [1.807, 2.05) is 7.05 Å². The fraction of sp³-hybridized carbons (Fsp3) is 0.947. The summed E-state index contributed by atoms with van der Waals surface area (Å²) in [7, 11) is 1.95. The van der Waals surface area contributed by atoms with Gasteiger partial charge in [-0.25, -0.2) is 0 Å². The smallest absolute Gasteiger partial charge is 0.193 e. The van der Waals surface area contributed by atoms with Gasteiger partial charge in [-0.15, -0.1) is 24.0 Å². The fourth-order valence-corrected chi connectivity index (χ4v) is 4.95. The average Bonchev–Trinajstić information content (AvgIpc) is 3.20. The zero-order valence-corrected chi connectivity index (χ0v) is 18.1. The van der Waals surface area contributed by atoms with Crippen LogP contribution in [0.1, 0.15) is 58.3 Å². The minimum atomic E-state index is 0. The van der Waals surface area contributed by atoms with Gasteiger partial charge in [0.1, 0.15) is 0 Å². The first kappa shape index (κ1) is 20.3. The Labute approximate surface area is 165 Å². The molecule has 0 aromatic heterocycles. The predicted molar refractivity (Wildman–Crippen MR) is 113 cm³/mol. The highest BCUT2D eigenvalue weighted by Crippen LogP contribution is 2.45. The van der Waals surface area contributed by atoms with Crippen molar-refractivity contribution in [3.05, 3.63) is 0 Å². The molecule has 0 bridgehead atoms. The van der Waals surface area contributed by atoms with Gasteiger partial charge in [-0.1, -0.05) is 19.8 Å². The highest BCUT2D eigenvalue weighted by Gasteiger charge is 2.41. The van der Waals surface area contributed by atoms with E-state index in [1.165, 1.54) is 84.1 Å². The van der Waals surface area contributed by atoms with Crippen molar-refractivity contribution < 1.29 is 0 Å². The Bertz CT molecular complexity index is 398. The van der Waals surface area contributed by atoms with Gasteiger partial charge in [0.05, 0.1) is 0 Å². The quantitative estimate of drug-likeness (QED) is 0.405. The molecule has 4 nitrogen and oxygen atoms in total. The van der Waals surface area contributed by atoms with Crippen LogP contribution in [0, 0.1) is 11.3 Å². The number of halogens is 1. The van der Waals surface area contributed by atoms with Gasteiger partial charge in [0.15, 0.2) is 5.96 Å². The van der Waals surface area contributed by atoms with Crippen LogP contribution in [-0.4, -0.2) is 62.1 Å². The highest BCUT2D eigenvalue weighted by atomic mass is 127. The van der Waals surface area contributed by atoms with E-state index in [0.29, 0.717) is 5.41 Å². The lowest BCUT2D eigenvalue weighted by molar-refractivity contribution is 0.185. The lowest BCUT2D eigenvalue weighted by Gasteiger charge is -2.33. The highest BCUT2D eigenvalue weighted by molar-refractivity contribution is 14.0. The summed E-state index contributed by atoms with van der Waals surface area (Å²) < 4.78 is 0. The molecule has 2 saturated heterocycles. The number of likely N-dealkylation sites (tertiary alicyclic amines) is 2. The number of nitrogens with zero attached hydrogens (tertiary/aromatic N) is 3. The molecule has 1 aliphatic carbocycles. The van der Waals surface area contributed by atoms with Crippen LogP contribution in [0.2, 0.25) is 0 Å². The summed E-state index contributed by atoms with van der Waals surface area (Å²) in [5.74, 6) is 1.98. The lowest BCUT2D eigenvalue weighted by Crippen LogP contribution is -2.44. The van der Waals surface area contributed by atoms with Crippen molar-refractivity contribution in [1.82, 2.24) is 15.1 Å². The monoisotopic (exact) mass is 448 g/mol. The molecular weight excluding hydrogens is 411 g/mol. The molecule has 5 heteroatoms. The molecule has 2 aliphatic heterocycles. The Balaban J connectivity index is 0.00000208. The summed E-state index contributed by atoms with van der Waals surface area (Å²) >= 11 is 0. The molecule has 1 N–H and O–H groups in total. The molecule has 0 amide bonds. The molecule has 2 heterocycles. The summed E-state index contributed by atoms with van der Waals surface area (Å²) in [5.41, 5.74) is 0.628. The number of guanidine groups is 1. The zero-order chi connectivity index (χ0) is 16.1. The van der Waals surface area contributed by atoms with Gasteiger partial charge < -0.3 is 15.1 Å². The van der Waals surface area contributed by atoms with E-state index in [1.54, 1.807) is 0 Å². The SMILES string of the molecule is CCCN1CCC(CNC(=NC)N2CCC3(CCCC3)C2)CC1.I. The zero-order valence-electron chi connectivity index (χ0n) is 15.7. The van der Waals surface area contributed by atoms with E-state index in [0.717, 1.165) is 18.4 Å². The second kappa shape index (κ2) is 9.60. The van der Waals surface area contributed by atoms with Gasteiger partial charge in [0.2, 0.25) is 0 Å². The summed E-state index contributed by atoms with van der Waals surface area (Å²) in [5, 5.41) is 3.69. The van der Waals surface area contributed by atoms with Crippen molar-refractivity contribution in [3.8, 4) is 0 Å². The van der Waals surface area contributed by atoms with Gasteiger partial charge in [-0.3, -0.25) is 4.99 Å². The molecule has 24 heavy (non-hydrogen) atoms. The van der Waals surface area contributed by atoms with Crippen LogP contribution in [0.5, 0.6) is 0 Å². The molecule has 0 aromatic carbocycles. The Morgan fingerprint density at radius 3 is 2.46 bits per heavy atom. The molecule has 1 spiro atoms. The molecule has 0 unspecified atom stereocenters. The van der Waals surface area contributed by atoms with Crippen LogP contribution in [-0.2, 0) is 0 Å². The van der Waals surface area contributed by atoms with E-state index < -0.39 is 0 Å². The number of aliphatic imine (C=N–C) groups is 1. The van der Waals surface area contributed by atoms with E-state index in [9.17, 15) is 0 Å².